The normalized spacial score (nSPS) is 17.0. The molecule has 4 aromatic rings. The van der Waals surface area contributed by atoms with Crippen molar-refractivity contribution in [2.75, 3.05) is 11.9 Å². The summed E-state index contributed by atoms with van der Waals surface area (Å²) in [4.78, 5) is 53.2. The molecule has 0 saturated carbocycles. The predicted octanol–water partition coefficient (Wildman–Crippen LogP) is 4.65. The summed E-state index contributed by atoms with van der Waals surface area (Å²) in [6, 6.07) is 8.09. The molecule has 0 aliphatic carbocycles. The van der Waals surface area contributed by atoms with Gasteiger partial charge in [-0.15, -0.1) is 0 Å². The lowest BCUT2D eigenvalue weighted by molar-refractivity contribution is -0.137. The number of nitrogens with one attached hydrogen (secondary N) is 1. The molecular weight excluding hydrogens is 567 g/mol. The molecule has 0 bridgehead atoms. The number of pyridine rings is 1. The Bertz CT molecular complexity index is 1600. The maximum absolute atomic E-state index is 14.5. The summed E-state index contributed by atoms with van der Waals surface area (Å²) >= 11 is 3.28. The molecule has 2 amide bonds. The number of carbonyl (C=O) groups is 3. The minimum absolute atomic E-state index is 0.101. The van der Waals surface area contributed by atoms with Crippen molar-refractivity contribution in [1.29, 1.82) is 0 Å². The van der Waals surface area contributed by atoms with Crippen molar-refractivity contribution < 1.29 is 18.8 Å². The number of ketones is 1. The van der Waals surface area contributed by atoms with E-state index in [1.165, 1.54) is 11.8 Å². The van der Waals surface area contributed by atoms with Crippen LogP contribution in [-0.2, 0) is 16.1 Å². The second-order valence-electron chi connectivity index (χ2n) is 9.69. The van der Waals surface area contributed by atoms with Crippen LogP contribution < -0.4 is 5.32 Å². The topological polar surface area (TPSA) is 110 Å². The summed E-state index contributed by atoms with van der Waals surface area (Å²) in [6.07, 6.45) is 3.54. The first-order valence-electron chi connectivity index (χ1n) is 12.4. The molecule has 3 aromatic heterocycles. The van der Waals surface area contributed by atoms with Gasteiger partial charge in [0.25, 0.3) is 0 Å². The van der Waals surface area contributed by atoms with Gasteiger partial charge in [-0.1, -0.05) is 12.1 Å². The van der Waals surface area contributed by atoms with Crippen molar-refractivity contribution in [2.45, 2.75) is 46.0 Å². The number of anilines is 1. The Hall–Kier alpha value is -3.99. The van der Waals surface area contributed by atoms with Crippen molar-refractivity contribution in [2.24, 2.45) is 0 Å². The zero-order valence-electron chi connectivity index (χ0n) is 21.6. The first-order chi connectivity index (χ1) is 18.6. The fourth-order valence-electron chi connectivity index (χ4n) is 4.79. The van der Waals surface area contributed by atoms with Gasteiger partial charge in [-0.05, 0) is 60.5 Å². The lowest BCUT2D eigenvalue weighted by atomic mass is 10.1. The Balaban J connectivity index is 1.41. The monoisotopic (exact) mass is 592 g/mol. The van der Waals surface area contributed by atoms with E-state index >= 15 is 0 Å². The van der Waals surface area contributed by atoms with E-state index < -0.39 is 24.0 Å². The molecule has 1 aliphatic heterocycles. The summed E-state index contributed by atoms with van der Waals surface area (Å²) in [5, 5.41) is 3.40. The third kappa shape index (κ3) is 5.44. The van der Waals surface area contributed by atoms with Gasteiger partial charge in [0.2, 0.25) is 11.8 Å². The van der Waals surface area contributed by atoms with Crippen LogP contribution in [-0.4, -0.2) is 60.8 Å². The van der Waals surface area contributed by atoms with Crippen LogP contribution >= 0.6 is 15.9 Å². The van der Waals surface area contributed by atoms with E-state index in [2.05, 4.69) is 36.2 Å². The molecule has 4 heterocycles. The average Bonchev–Trinajstić information content (AvgIpc) is 3.47. The number of alkyl halides is 1. The molecule has 1 fully saturated rings. The molecule has 5 rings (SSSR count). The molecule has 9 nitrogen and oxygen atoms in total. The maximum Gasteiger partial charge on any atom is 0.248 e. The Morgan fingerprint density at radius 2 is 1.92 bits per heavy atom. The molecule has 0 radical (unpaired) electrons. The zero-order chi connectivity index (χ0) is 27.8. The van der Waals surface area contributed by atoms with Gasteiger partial charge < -0.3 is 14.8 Å². The van der Waals surface area contributed by atoms with Gasteiger partial charge >= 0.3 is 0 Å². The summed E-state index contributed by atoms with van der Waals surface area (Å²) in [5.74, 6) is -0.726. The SMILES string of the molecule is CC(=O)c1cn(CC(=O)N2C[C@H](F)C[C@H]2C(=O)Nc2nc(Br)ccc2C)c2ccc(-c3cnc(C)cn3)cc12. The van der Waals surface area contributed by atoms with Crippen LogP contribution in [0.5, 0.6) is 0 Å². The number of amides is 2. The molecule has 0 unspecified atom stereocenters. The van der Waals surface area contributed by atoms with Crippen molar-refractivity contribution in [3.05, 3.63) is 70.3 Å². The predicted molar refractivity (Wildman–Crippen MR) is 148 cm³/mol. The number of rotatable bonds is 6. The van der Waals surface area contributed by atoms with Crippen LogP contribution in [0.2, 0.25) is 0 Å². The zero-order valence-corrected chi connectivity index (χ0v) is 23.2. The van der Waals surface area contributed by atoms with Crippen LogP contribution in [0.3, 0.4) is 0 Å². The van der Waals surface area contributed by atoms with Crippen molar-refractivity contribution >= 4 is 50.2 Å². The van der Waals surface area contributed by atoms with E-state index in [0.29, 0.717) is 32.6 Å². The van der Waals surface area contributed by atoms with Gasteiger partial charge in [0.05, 0.1) is 24.1 Å². The van der Waals surface area contributed by atoms with Crippen LogP contribution in [0.1, 0.15) is 35.0 Å². The molecule has 0 spiro atoms. The number of hydrogen-bond acceptors (Lipinski definition) is 6. The molecule has 1 N–H and O–H groups in total. The van der Waals surface area contributed by atoms with E-state index in [0.717, 1.165) is 16.8 Å². The summed E-state index contributed by atoms with van der Waals surface area (Å²) in [7, 11) is 0. The molecule has 2 atom stereocenters. The van der Waals surface area contributed by atoms with Crippen LogP contribution in [0, 0.1) is 13.8 Å². The first-order valence-corrected chi connectivity index (χ1v) is 13.2. The smallest absolute Gasteiger partial charge is 0.248 e. The van der Waals surface area contributed by atoms with Gasteiger partial charge in [-0.2, -0.15) is 0 Å². The van der Waals surface area contributed by atoms with Crippen LogP contribution in [0.4, 0.5) is 10.2 Å². The largest absolute Gasteiger partial charge is 0.337 e. The first kappa shape index (κ1) is 26.6. The number of carbonyl (C=O) groups excluding carboxylic acids is 3. The summed E-state index contributed by atoms with van der Waals surface area (Å²) in [6.45, 7) is 4.77. The fourth-order valence-corrected chi connectivity index (χ4v) is 5.10. The average molecular weight is 593 g/mol. The third-order valence-electron chi connectivity index (χ3n) is 6.82. The second kappa shape index (κ2) is 10.6. The van der Waals surface area contributed by atoms with E-state index in [-0.39, 0.29) is 25.3 Å². The number of aryl methyl sites for hydroxylation is 2. The van der Waals surface area contributed by atoms with E-state index in [4.69, 9.17) is 0 Å². The lowest BCUT2D eigenvalue weighted by Gasteiger charge is -2.24. The number of likely N-dealkylation sites (tertiary alicyclic amines) is 1. The highest BCUT2D eigenvalue weighted by Gasteiger charge is 2.40. The molecule has 39 heavy (non-hydrogen) atoms. The minimum atomic E-state index is -1.33. The molecule has 1 saturated heterocycles. The standard InChI is InChI=1S/C28H26BrFN6O3/c1-15-4-7-25(29)33-27(15)34-28(39)24-9-19(30)12-36(24)26(38)14-35-13-21(17(3)37)20-8-18(5-6-23(20)35)22-11-31-16(2)10-32-22/h4-8,10-11,13,19,24H,9,12,14H2,1-3H3,(H,33,34,39)/t19-,24+/m1/s1. The number of nitrogens with zero attached hydrogens (tertiary/aromatic N) is 5. The molecular formula is C28H26BrFN6O3. The minimum Gasteiger partial charge on any atom is -0.337 e. The highest BCUT2D eigenvalue weighted by atomic mass is 79.9. The highest BCUT2D eigenvalue weighted by molar-refractivity contribution is 9.10. The number of benzene rings is 1. The van der Waals surface area contributed by atoms with Crippen LogP contribution in [0.15, 0.2) is 53.5 Å². The van der Waals surface area contributed by atoms with E-state index in [1.807, 2.05) is 25.1 Å². The van der Waals surface area contributed by atoms with Crippen molar-refractivity contribution in [1.82, 2.24) is 24.4 Å². The quantitative estimate of drug-likeness (QED) is 0.258. The Morgan fingerprint density at radius 3 is 2.64 bits per heavy atom. The number of halogens is 2. The van der Waals surface area contributed by atoms with Gasteiger partial charge in [0.15, 0.2) is 5.78 Å². The molecule has 1 aromatic carbocycles. The second-order valence-corrected chi connectivity index (χ2v) is 10.5. The van der Waals surface area contributed by atoms with Crippen molar-refractivity contribution in [3.8, 4) is 11.3 Å². The van der Waals surface area contributed by atoms with Crippen LogP contribution in [0.25, 0.3) is 22.2 Å². The van der Waals surface area contributed by atoms with Crippen molar-refractivity contribution in [3.63, 3.8) is 0 Å². The molecule has 11 heteroatoms. The molecule has 200 valence electrons. The van der Waals surface area contributed by atoms with Gasteiger partial charge in [0, 0.05) is 40.8 Å². The number of fused-ring (bicyclic) bond motifs is 1. The Kier molecular flexibility index (Phi) is 7.26. The third-order valence-corrected chi connectivity index (χ3v) is 7.26. The number of aromatic nitrogens is 4. The summed E-state index contributed by atoms with van der Waals surface area (Å²) < 4.78 is 16.7. The fraction of sp³-hybridized carbons (Fsp3) is 0.286. The number of Topliss-reactive ketones (excluding diaryl/α,β-unsaturated/α-hetero) is 1. The lowest BCUT2D eigenvalue weighted by Crippen LogP contribution is -2.44. The van der Waals surface area contributed by atoms with Gasteiger partial charge in [0.1, 0.15) is 29.2 Å². The van der Waals surface area contributed by atoms with Gasteiger partial charge in [-0.3, -0.25) is 24.4 Å². The van der Waals surface area contributed by atoms with E-state index in [1.54, 1.807) is 42.2 Å². The Labute approximate surface area is 232 Å². The Morgan fingerprint density at radius 1 is 1.13 bits per heavy atom. The molecule has 1 aliphatic rings. The summed E-state index contributed by atoms with van der Waals surface area (Å²) in [5.41, 5.74) is 4.11. The maximum atomic E-state index is 14.5. The number of hydrogen-bond donors (Lipinski definition) is 1. The highest BCUT2D eigenvalue weighted by Crippen LogP contribution is 2.29. The van der Waals surface area contributed by atoms with Gasteiger partial charge in [-0.25, -0.2) is 9.37 Å². The van der Waals surface area contributed by atoms with E-state index in [9.17, 15) is 18.8 Å².